The lowest BCUT2D eigenvalue weighted by Gasteiger charge is -2.34. The standard InChI is InChI=1S/C20H18F2N4O/c1-13-12-25-18(17(23)11-24-25)19(27)26(13)16-9-7-15(8-10-16)20(21,22)14-5-3-2-4-6-14/h2-11,13H,12,23H2,1H3. The van der Waals surface area contributed by atoms with E-state index in [9.17, 15) is 13.6 Å². The van der Waals surface area contributed by atoms with E-state index < -0.39 is 5.92 Å². The third-order valence-corrected chi connectivity index (χ3v) is 4.81. The molecule has 0 spiro atoms. The third-order valence-electron chi connectivity index (χ3n) is 4.81. The molecule has 1 aliphatic rings. The van der Waals surface area contributed by atoms with Crippen LogP contribution in [0.25, 0.3) is 0 Å². The van der Waals surface area contributed by atoms with Crippen LogP contribution in [0.2, 0.25) is 0 Å². The smallest absolute Gasteiger partial charge is 0.298 e. The number of hydrogen-bond donors (Lipinski definition) is 1. The lowest BCUT2D eigenvalue weighted by atomic mass is 9.99. The molecule has 0 bridgehead atoms. The summed E-state index contributed by atoms with van der Waals surface area (Å²) in [6.07, 6.45) is 1.45. The van der Waals surface area contributed by atoms with Crippen molar-refractivity contribution in [2.75, 3.05) is 10.6 Å². The van der Waals surface area contributed by atoms with Crippen LogP contribution in [0.1, 0.15) is 28.5 Å². The SMILES string of the molecule is CC1Cn2ncc(N)c2C(=O)N1c1ccc(C(F)(F)c2ccccc2)cc1. The number of rotatable bonds is 3. The van der Waals surface area contributed by atoms with Gasteiger partial charge in [-0.05, 0) is 19.1 Å². The first-order valence-corrected chi connectivity index (χ1v) is 8.58. The highest BCUT2D eigenvalue weighted by atomic mass is 19.3. The molecule has 1 aromatic heterocycles. The molecule has 0 radical (unpaired) electrons. The monoisotopic (exact) mass is 368 g/mol. The van der Waals surface area contributed by atoms with Crippen LogP contribution in [0.5, 0.6) is 0 Å². The van der Waals surface area contributed by atoms with Crippen LogP contribution in [0.15, 0.2) is 60.8 Å². The van der Waals surface area contributed by atoms with Crippen LogP contribution >= 0.6 is 0 Å². The minimum atomic E-state index is -3.11. The maximum absolute atomic E-state index is 14.7. The van der Waals surface area contributed by atoms with Gasteiger partial charge in [0.25, 0.3) is 11.8 Å². The highest BCUT2D eigenvalue weighted by Gasteiger charge is 2.36. The molecule has 4 rings (SSSR count). The van der Waals surface area contributed by atoms with Crippen molar-refractivity contribution in [1.29, 1.82) is 0 Å². The van der Waals surface area contributed by atoms with Gasteiger partial charge in [0, 0.05) is 16.8 Å². The Kier molecular flexibility index (Phi) is 3.95. The molecule has 2 N–H and O–H groups in total. The van der Waals surface area contributed by atoms with Crippen molar-refractivity contribution in [2.24, 2.45) is 0 Å². The molecule has 0 saturated carbocycles. The first kappa shape index (κ1) is 17.2. The Balaban J connectivity index is 1.67. The van der Waals surface area contributed by atoms with E-state index >= 15 is 0 Å². The summed E-state index contributed by atoms with van der Waals surface area (Å²) in [5, 5.41) is 4.11. The zero-order chi connectivity index (χ0) is 19.2. The third kappa shape index (κ3) is 2.75. The van der Waals surface area contributed by atoms with E-state index in [-0.39, 0.29) is 23.1 Å². The maximum Gasteiger partial charge on any atom is 0.298 e. The summed E-state index contributed by atoms with van der Waals surface area (Å²) in [6, 6.07) is 13.3. The predicted octanol–water partition coefficient (Wildman–Crippen LogP) is 3.65. The van der Waals surface area contributed by atoms with Gasteiger partial charge in [0.2, 0.25) is 0 Å². The second-order valence-electron chi connectivity index (χ2n) is 6.64. The van der Waals surface area contributed by atoms with E-state index in [1.165, 1.54) is 30.5 Å². The largest absolute Gasteiger partial charge is 0.396 e. The molecule has 3 aromatic rings. The maximum atomic E-state index is 14.7. The number of halogens is 2. The van der Waals surface area contributed by atoms with E-state index in [1.807, 2.05) is 6.92 Å². The van der Waals surface area contributed by atoms with Gasteiger partial charge >= 0.3 is 0 Å². The van der Waals surface area contributed by atoms with Gasteiger partial charge in [0.1, 0.15) is 5.69 Å². The van der Waals surface area contributed by atoms with Crippen LogP contribution in [0, 0.1) is 0 Å². The Morgan fingerprint density at radius 2 is 1.70 bits per heavy atom. The summed E-state index contributed by atoms with van der Waals surface area (Å²) in [7, 11) is 0. The van der Waals surface area contributed by atoms with Crippen LogP contribution in [-0.2, 0) is 12.5 Å². The van der Waals surface area contributed by atoms with E-state index in [2.05, 4.69) is 5.10 Å². The zero-order valence-electron chi connectivity index (χ0n) is 14.6. The molecule has 7 heteroatoms. The molecule has 0 saturated heterocycles. The molecule has 1 aliphatic heterocycles. The number of alkyl halides is 2. The molecular weight excluding hydrogens is 350 g/mol. The van der Waals surface area contributed by atoms with Crippen molar-refractivity contribution in [3.63, 3.8) is 0 Å². The fourth-order valence-corrected chi connectivity index (χ4v) is 3.44. The number of nitrogen functional groups attached to an aromatic ring is 1. The highest BCUT2D eigenvalue weighted by molar-refractivity contribution is 6.09. The van der Waals surface area contributed by atoms with E-state index in [0.29, 0.717) is 23.6 Å². The summed E-state index contributed by atoms with van der Waals surface area (Å²) in [5.41, 5.74) is 6.84. The minimum absolute atomic E-state index is 0.0724. The van der Waals surface area contributed by atoms with Gasteiger partial charge in [-0.1, -0.05) is 42.5 Å². The molecule has 27 heavy (non-hydrogen) atoms. The average molecular weight is 368 g/mol. The Labute approximate surface area is 155 Å². The van der Waals surface area contributed by atoms with Crippen molar-refractivity contribution in [2.45, 2.75) is 25.4 Å². The first-order valence-electron chi connectivity index (χ1n) is 8.58. The number of carbonyl (C=O) groups is 1. The Morgan fingerprint density at radius 3 is 2.37 bits per heavy atom. The molecule has 1 atom stereocenters. The molecule has 138 valence electrons. The topological polar surface area (TPSA) is 64.2 Å². The predicted molar refractivity (Wildman–Crippen MR) is 98.8 cm³/mol. The molecule has 0 aliphatic carbocycles. The van der Waals surface area contributed by atoms with Gasteiger partial charge in [0.05, 0.1) is 24.5 Å². The first-order chi connectivity index (χ1) is 12.9. The van der Waals surface area contributed by atoms with Gasteiger partial charge in [-0.3, -0.25) is 9.48 Å². The number of benzene rings is 2. The van der Waals surface area contributed by atoms with Crippen molar-refractivity contribution < 1.29 is 13.6 Å². The fraction of sp³-hybridized carbons (Fsp3) is 0.200. The quantitative estimate of drug-likeness (QED) is 0.767. The number of fused-ring (bicyclic) bond motifs is 1. The van der Waals surface area contributed by atoms with Gasteiger partial charge in [0.15, 0.2) is 0 Å². The number of amides is 1. The Hall–Kier alpha value is -3.22. The number of carbonyl (C=O) groups excluding carboxylic acids is 1. The second kappa shape index (κ2) is 6.19. The van der Waals surface area contributed by atoms with Crippen LogP contribution in [0.4, 0.5) is 20.2 Å². The fourth-order valence-electron chi connectivity index (χ4n) is 3.44. The Morgan fingerprint density at radius 1 is 1.07 bits per heavy atom. The zero-order valence-corrected chi connectivity index (χ0v) is 14.6. The van der Waals surface area contributed by atoms with Gasteiger partial charge in [-0.2, -0.15) is 13.9 Å². The molecule has 0 fully saturated rings. The molecule has 1 unspecified atom stereocenters. The molecule has 1 amide bonds. The summed E-state index contributed by atoms with van der Waals surface area (Å²) < 4.78 is 31.0. The van der Waals surface area contributed by atoms with Crippen molar-refractivity contribution >= 4 is 17.3 Å². The van der Waals surface area contributed by atoms with E-state index in [0.717, 1.165) is 0 Å². The van der Waals surface area contributed by atoms with Gasteiger partial charge < -0.3 is 10.6 Å². The lowest BCUT2D eigenvalue weighted by molar-refractivity contribution is 0.0428. The van der Waals surface area contributed by atoms with Gasteiger partial charge in [-0.15, -0.1) is 0 Å². The van der Waals surface area contributed by atoms with Crippen LogP contribution < -0.4 is 10.6 Å². The number of aromatic nitrogens is 2. The van der Waals surface area contributed by atoms with Crippen molar-refractivity contribution in [1.82, 2.24) is 9.78 Å². The minimum Gasteiger partial charge on any atom is -0.396 e. The lowest BCUT2D eigenvalue weighted by Crippen LogP contribution is -2.47. The second-order valence-corrected chi connectivity index (χ2v) is 6.64. The average Bonchev–Trinajstić information content (AvgIpc) is 3.03. The van der Waals surface area contributed by atoms with E-state index in [4.69, 9.17) is 5.73 Å². The normalized spacial score (nSPS) is 17.1. The molecular formula is C20H18F2N4O. The highest BCUT2D eigenvalue weighted by Crippen LogP contribution is 2.37. The number of nitrogens with zero attached hydrogens (tertiary/aromatic N) is 3. The summed E-state index contributed by atoms with van der Waals surface area (Å²) in [4.78, 5) is 14.4. The van der Waals surface area contributed by atoms with E-state index in [1.54, 1.807) is 39.9 Å². The van der Waals surface area contributed by atoms with Gasteiger partial charge in [-0.25, -0.2) is 0 Å². The molecule has 2 heterocycles. The summed E-state index contributed by atoms with van der Waals surface area (Å²) in [5.74, 6) is -3.40. The summed E-state index contributed by atoms with van der Waals surface area (Å²) in [6.45, 7) is 2.37. The number of anilines is 2. The number of hydrogen-bond acceptors (Lipinski definition) is 3. The Bertz CT molecular complexity index is 983. The van der Waals surface area contributed by atoms with Crippen molar-refractivity contribution in [3.05, 3.63) is 77.6 Å². The summed E-state index contributed by atoms with van der Waals surface area (Å²) >= 11 is 0. The van der Waals surface area contributed by atoms with Crippen LogP contribution in [-0.4, -0.2) is 21.7 Å². The molecule has 2 aromatic carbocycles. The number of nitrogens with two attached hydrogens (primary N) is 1. The van der Waals surface area contributed by atoms with Crippen molar-refractivity contribution in [3.8, 4) is 0 Å². The van der Waals surface area contributed by atoms with Crippen LogP contribution in [0.3, 0.4) is 0 Å². The molecule has 5 nitrogen and oxygen atoms in total.